The minimum absolute atomic E-state index is 0.0311. The van der Waals surface area contributed by atoms with Gasteiger partial charge in [-0.1, -0.05) is 11.6 Å². The summed E-state index contributed by atoms with van der Waals surface area (Å²) >= 11 is 5.72. The average molecular weight is 491 g/mol. The maximum atomic E-state index is 13.3. The van der Waals surface area contributed by atoms with Gasteiger partial charge >= 0.3 is 12.3 Å². The molecule has 0 radical (unpaired) electrons. The fourth-order valence-electron chi connectivity index (χ4n) is 3.07. The molecule has 1 aromatic carbocycles. The first-order valence-corrected chi connectivity index (χ1v) is 10.7. The van der Waals surface area contributed by atoms with E-state index < -0.39 is 34.5 Å². The molecule has 1 aromatic heterocycles. The van der Waals surface area contributed by atoms with Gasteiger partial charge in [-0.15, -0.1) is 5.10 Å². The number of alkyl carbamates (subject to hydrolysis) is 1. The number of morpholine rings is 1. The Hall–Kier alpha value is -2.73. The zero-order valence-electron chi connectivity index (χ0n) is 18.4. The summed E-state index contributed by atoms with van der Waals surface area (Å²) in [7, 11) is 0. The quantitative estimate of drug-likeness (QED) is 0.562. The van der Waals surface area contributed by atoms with Crippen LogP contribution in [0.2, 0.25) is 5.02 Å². The molecule has 3 rings (SSSR count). The number of hydrogen-bond donors (Lipinski definition) is 3. The fraction of sp³-hybridized carbons (Fsp3) is 0.550. The lowest BCUT2D eigenvalue weighted by molar-refractivity contribution is -0.137. The lowest BCUT2D eigenvalue weighted by atomic mass is 10.1. The smallest absolute Gasteiger partial charge is 0.417 e. The molecule has 1 saturated heterocycles. The summed E-state index contributed by atoms with van der Waals surface area (Å²) in [6.07, 6.45) is -5.29. The highest BCUT2D eigenvalue weighted by atomic mass is 35.5. The number of H-pyrrole nitrogens is 1. The van der Waals surface area contributed by atoms with Gasteiger partial charge in [0.15, 0.2) is 5.82 Å². The Morgan fingerprint density at radius 2 is 2.00 bits per heavy atom. The summed E-state index contributed by atoms with van der Waals surface area (Å²) in [6.45, 7) is 7.43. The molecule has 1 aliphatic heterocycles. The number of anilines is 2. The van der Waals surface area contributed by atoms with Crippen LogP contribution >= 0.6 is 11.6 Å². The number of hydrogen-bond acceptors (Lipinski definition) is 7. The van der Waals surface area contributed by atoms with Crippen molar-refractivity contribution in [2.75, 3.05) is 43.1 Å². The maximum Gasteiger partial charge on any atom is 0.417 e. The molecule has 0 spiro atoms. The first-order valence-electron chi connectivity index (χ1n) is 10.3. The molecule has 33 heavy (non-hydrogen) atoms. The van der Waals surface area contributed by atoms with Gasteiger partial charge in [-0.05, 0) is 39.0 Å². The third-order valence-corrected chi connectivity index (χ3v) is 4.91. The zero-order valence-corrected chi connectivity index (χ0v) is 19.2. The summed E-state index contributed by atoms with van der Waals surface area (Å²) in [5, 5.41) is 12.2. The van der Waals surface area contributed by atoms with Gasteiger partial charge in [-0.3, -0.25) is 5.10 Å². The molecule has 1 atom stereocenters. The molecule has 1 amide bonds. The molecule has 2 heterocycles. The van der Waals surface area contributed by atoms with Gasteiger partial charge in [0, 0.05) is 25.3 Å². The Balaban J connectivity index is 1.81. The summed E-state index contributed by atoms with van der Waals surface area (Å²) in [4.78, 5) is 18.5. The molecule has 3 N–H and O–H groups in total. The molecule has 1 fully saturated rings. The van der Waals surface area contributed by atoms with Crippen molar-refractivity contribution in [3.05, 3.63) is 34.6 Å². The van der Waals surface area contributed by atoms with Crippen LogP contribution in [0.15, 0.2) is 18.2 Å². The molecule has 0 aliphatic carbocycles. The number of amides is 1. The van der Waals surface area contributed by atoms with Crippen molar-refractivity contribution in [2.24, 2.45) is 0 Å². The molecule has 1 aliphatic rings. The van der Waals surface area contributed by atoms with Crippen LogP contribution in [-0.2, 0) is 15.7 Å². The lowest BCUT2D eigenvalue weighted by Crippen LogP contribution is -2.37. The highest BCUT2D eigenvalue weighted by molar-refractivity contribution is 6.31. The van der Waals surface area contributed by atoms with E-state index in [1.165, 1.54) is 6.07 Å². The maximum absolute atomic E-state index is 13.3. The van der Waals surface area contributed by atoms with Crippen LogP contribution in [0.1, 0.15) is 38.2 Å². The number of benzene rings is 1. The van der Waals surface area contributed by atoms with E-state index in [9.17, 15) is 18.0 Å². The zero-order chi connectivity index (χ0) is 24.2. The van der Waals surface area contributed by atoms with Gasteiger partial charge in [0.05, 0.1) is 23.8 Å². The van der Waals surface area contributed by atoms with Gasteiger partial charge in [-0.2, -0.15) is 18.2 Å². The largest absolute Gasteiger partial charge is 0.444 e. The number of aromatic nitrogens is 3. The summed E-state index contributed by atoms with van der Waals surface area (Å²) in [5.74, 6) is 0.764. The van der Waals surface area contributed by atoms with Gasteiger partial charge in [0.2, 0.25) is 5.95 Å². The number of nitrogens with one attached hydrogen (secondary N) is 3. The lowest BCUT2D eigenvalue weighted by Gasteiger charge is -2.25. The van der Waals surface area contributed by atoms with Gasteiger partial charge in [0.25, 0.3) is 0 Å². The number of alkyl halides is 3. The molecular weight excluding hydrogens is 465 g/mol. The molecular formula is C20H26ClF3N6O3. The third-order valence-electron chi connectivity index (χ3n) is 4.58. The molecule has 9 nitrogen and oxygen atoms in total. The Bertz CT molecular complexity index is 957. The first kappa shape index (κ1) is 24.9. The minimum Gasteiger partial charge on any atom is -0.444 e. The average Bonchev–Trinajstić information content (AvgIpc) is 3.21. The predicted molar refractivity (Wildman–Crippen MR) is 116 cm³/mol. The van der Waals surface area contributed by atoms with Crippen molar-refractivity contribution in [3.63, 3.8) is 0 Å². The van der Waals surface area contributed by atoms with E-state index in [-0.39, 0.29) is 12.2 Å². The second-order valence-corrected chi connectivity index (χ2v) is 8.80. The summed E-state index contributed by atoms with van der Waals surface area (Å²) < 4.78 is 50.4. The first-order chi connectivity index (χ1) is 15.4. The highest BCUT2D eigenvalue weighted by Gasteiger charge is 2.33. The topological polar surface area (TPSA) is 104 Å². The van der Waals surface area contributed by atoms with Gasteiger partial charge < -0.3 is 25.0 Å². The normalized spacial score (nSPS) is 15.8. The van der Waals surface area contributed by atoms with E-state index in [4.69, 9.17) is 21.1 Å². The van der Waals surface area contributed by atoms with E-state index in [1.54, 1.807) is 20.8 Å². The Labute approximate surface area is 194 Å². The standard InChI is InChI=1S/C20H26ClF3N6O3/c1-19(2,3)33-18(31)25-11-15(16-27-17(29-28-16)30-6-8-32-9-7-30)26-12-4-5-14(21)13(10-12)20(22,23)24/h4-5,10,15,26H,6-9,11H2,1-3H3,(H,25,31)(H,27,28,29). The molecule has 2 aromatic rings. The van der Waals surface area contributed by atoms with Crippen molar-refractivity contribution in [2.45, 2.75) is 38.6 Å². The van der Waals surface area contributed by atoms with E-state index >= 15 is 0 Å². The summed E-state index contributed by atoms with van der Waals surface area (Å²) in [6, 6.07) is 2.74. The number of ether oxygens (including phenoxy) is 2. The van der Waals surface area contributed by atoms with E-state index in [0.29, 0.717) is 38.1 Å². The van der Waals surface area contributed by atoms with Crippen LogP contribution in [0.4, 0.5) is 29.6 Å². The molecule has 13 heteroatoms. The van der Waals surface area contributed by atoms with Crippen LogP contribution < -0.4 is 15.5 Å². The van der Waals surface area contributed by atoms with Crippen LogP contribution in [0, 0.1) is 0 Å². The fourth-order valence-corrected chi connectivity index (χ4v) is 3.30. The molecule has 0 bridgehead atoms. The summed E-state index contributed by atoms with van der Waals surface area (Å²) in [5.41, 5.74) is -1.53. The SMILES string of the molecule is CC(C)(C)OC(=O)NCC(Nc1ccc(Cl)c(C(F)(F)F)c1)c1nc(N2CCOCC2)n[nH]1. The van der Waals surface area contributed by atoms with Gasteiger partial charge in [-0.25, -0.2) is 4.79 Å². The van der Waals surface area contributed by atoms with E-state index in [0.717, 1.165) is 12.1 Å². The van der Waals surface area contributed by atoms with E-state index in [2.05, 4.69) is 25.8 Å². The predicted octanol–water partition coefficient (Wildman–Crippen LogP) is 3.99. The van der Waals surface area contributed by atoms with E-state index in [1.807, 2.05) is 4.90 Å². The van der Waals surface area contributed by atoms with Crippen molar-refractivity contribution in [3.8, 4) is 0 Å². The molecule has 1 unspecified atom stereocenters. The number of carbonyl (C=O) groups excluding carboxylic acids is 1. The number of carbonyl (C=O) groups is 1. The second-order valence-electron chi connectivity index (χ2n) is 8.39. The number of rotatable bonds is 6. The molecule has 0 saturated carbocycles. The Morgan fingerprint density at radius 1 is 1.30 bits per heavy atom. The third kappa shape index (κ3) is 7.13. The van der Waals surface area contributed by atoms with Crippen LogP contribution in [-0.4, -0.2) is 59.7 Å². The monoisotopic (exact) mass is 490 g/mol. The van der Waals surface area contributed by atoms with Crippen molar-refractivity contribution in [1.82, 2.24) is 20.5 Å². The van der Waals surface area contributed by atoms with Gasteiger partial charge in [0.1, 0.15) is 11.6 Å². The molecule has 182 valence electrons. The van der Waals surface area contributed by atoms with Crippen molar-refractivity contribution >= 4 is 29.3 Å². The number of halogens is 4. The van der Waals surface area contributed by atoms with Crippen LogP contribution in [0.3, 0.4) is 0 Å². The van der Waals surface area contributed by atoms with Crippen molar-refractivity contribution < 1.29 is 27.4 Å². The Morgan fingerprint density at radius 3 is 2.64 bits per heavy atom. The number of nitrogens with zero attached hydrogens (tertiary/aromatic N) is 3. The van der Waals surface area contributed by atoms with Crippen LogP contribution in [0.25, 0.3) is 0 Å². The number of aromatic amines is 1. The minimum atomic E-state index is -4.62. The Kier molecular flexibility index (Phi) is 7.58. The second kappa shape index (κ2) is 10.0. The van der Waals surface area contributed by atoms with Crippen molar-refractivity contribution in [1.29, 1.82) is 0 Å². The highest BCUT2D eigenvalue weighted by Crippen LogP contribution is 2.36. The van der Waals surface area contributed by atoms with Crippen LogP contribution in [0.5, 0.6) is 0 Å².